The maximum Gasteiger partial charge on any atom is 0.303 e. The monoisotopic (exact) mass is 600 g/mol. The summed E-state index contributed by atoms with van der Waals surface area (Å²) in [5.74, 6) is -1.85. The van der Waals surface area contributed by atoms with Crippen molar-refractivity contribution in [1.29, 1.82) is 0 Å². The number of hydrogen-bond donors (Lipinski definition) is 4. The SMILES string of the molecule is Cc1ncsc1-c1ccc(C(C)NC(=O)C2CC(O)CN2C(=O)C(NC(=O)CCCCCCC(=O)O)C(C)(C)C)cc1. The number of aliphatic hydroxyl groups is 1. The van der Waals surface area contributed by atoms with Crippen molar-refractivity contribution in [3.63, 3.8) is 0 Å². The third-order valence-electron chi connectivity index (χ3n) is 7.60. The Bertz CT molecular complexity index is 1240. The molecule has 2 heterocycles. The van der Waals surface area contributed by atoms with Gasteiger partial charge in [0.2, 0.25) is 17.7 Å². The first kappa shape index (κ1) is 33.2. The summed E-state index contributed by atoms with van der Waals surface area (Å²) in [6.07, 6.45) is 2.21. The molecule has 1 fully saturated rings. The molecule has 1 aliphatic rings. The van der Waals surface area contributed by atoms with Gasteiger partial charge in [0.25, 0.3) is 0 Å². The van der Waals surface area contributed by atoms with Crippen LogP contribution in [0.5, 0.6) is 0 Å². The fourth-order valence-corrected chi connectivity index (χ4v) is 5.98. The van der Waals surface area contributed by atoms with Gasteiger partial charge in [-0.05, 0) is 43.2 Å². The molecule has 0 radical (unpaired) electrons. The average Bonchev–Trinajstić information content (AvgIpc) is 3.53. The third kappa shape index (κ3) is 9.09. The van der Waals surface area contributed by atoms with E-state index in [1.807, 2.05) is 64.4 Å². The quantitative estimate of drug-likeness (QED) is 0.252. The Morgan fingerprint density at radius 3 is 2.26 bits per heavy atom. The summed E-state index contributed by atoms with van der Waals surface area (Å²) in [4.78, 5) is 57.4. The molecule has 0 bridgehead atoms. The zero-order chi connectivity index (χ0) is 31.0. The number of aromatic nitrogens is 1. The second kappa shape index (κ2) is 14.7. The molecule has 4 N–H and O–H groups in total. The van der Waals surface area contributed by atoms with Gasteiger partial charge < -0.3 is 25.7 Å². The summed E-state index contributed by atoms with van der Waals surface area (Å²) in [5, 5.41) is 25.1. The predicted molar refractivity (Wildman–Crippen MR) is 162 cm³/mol. The van der Waals surface area contributed by atoms with Crippen molar-refractivity contribution < 1.29 is 29.4 Å². The Hall–Kier alpha value is -3.31. The number of amides is 3. The molecule has 0 aliphatic carbocycles. The number of aryl methyl sites for hydroxylation is 1. The maximum atomic E-state index is 13.8. The van der Waals surface area contributed by atoms with Crippen molar-refractivity contribution in [2.24, 2.45) is 5.41 Å². The Balaban J connectivity index is 1.62. The van der Waals surface area contributed by atoms with E-state index in [4.69, 9.17) is 5.11 Å². The van der Waals surface area contributed by atoms with Crippen LogP contribution >= 0.6 is 11.3 Å². The molecular formula is C31H44N4O6S. The second-order valence-electron chi connectivity index (χ2n) is 12.2. The molecule has 2 aromatic rings. The van der Waals surface area contributed by atoms with Gasteiger partial charge in [0, 0.05) is 25.8 Å². The molecule has 0 saturated carbocycles. The van der Waals surface area contributed by atoms with Gasteiger partial charge >= 0.3 is 5.97 Å². The fourth-order valence-electron chi connectivity index (χ4n) is 5.16. The lowest BCUT2D eigenvalue weighted by atomic mass is 9.85. The van der Waals surface area contributed by atoms with Crippen molar-refractivity contribution in [2.75, 3.05) is 6.54 Å². The standard InChI is InChI=1S/C31H44N4O6S/c1-19(21-12-14-22(15-13-21)27-20(2)32-18-42-27)33-29(40)24-16-23(36)17-35(24)30(41)28(31(3,4)5)34-25(37)10-8-6-7-9-11-26(38)39/h12-15,18-19,23-24,28,36H,6-11,16-17H2,1-5H3,(H,33,40)(H,34,37)(H,38,39). The highest BCUT2D eigenvalue weighted by atomic mass is 32.1. The smallest absolute Gasteiger partial charge is 0.303 e. The van der Waals surface area contributed by atoms with Gasteiger partial charge in [-0.1, -0.05) is 57.9 Å². The minimum Gasteiger partial charge on any atom is -0.481 e. The lowest BCUT2D eigenvalue weighted by Gasteiger charge is -2.35. The van der Waals surface area contributed by atoms with Gasteiger partial charge in [-0.2, -0.15) is 0 Å². The van der Waals surface area contributed by atoms with Crippen LogP contribution in [-0.4, -0.2) is 68.5 Å². The van der Waals surface area contributed by atoms with Crippen LogP contribution in [0.3, 0.4) is 0 Å². The number of aliphatic carboxylic acids is 1. The van der Waals surface area contributed by atoms with Crippen LogP contribution in [0, 0.1) is 12.3 Å². The first-order chi connectivity index (χ1) is 19.8. The van der Waals surface area contributed by atoms with Crippen molar-refractivity contribution >= 4 is 35.0 Å². The molecule has 0 spiro atoms. The van der Waals surface area contributed by atoms with Crippen molar-refractivity contribution in [3.05, 3.63) is 41.0 Å². The van der Waals surface area contributed by atoms with Crippen LogP contribution < -0.4 is 10.6 Å². The van der Waals surface area contributed by atoms with Crippen LogP contribution in [0.2, 0.25) is 0 Å². The molecule has 1 saturated heterocycles. The fraction of sp³-hybridized carbons (Fsp3) is 0.581. The number of likely N-dealkylation sites (tertiary alicyclic amines) is 1. The number of nitrogens with one attached hydrogen (secondary N) is 2. The van der Waals surface area contributed by atoms with Crippen LogP contribution in [0.15, 0.2) is 29.8 Å². The zero-order valence-corrected chi connectivity index (χ0v) is 26.0. The third-order valence-corrected chi connectivity index (χ3v) is 8.58. The topological polar surface area (TPSA) is 149 Å². The van der Waals surface area contributed by atoms with Crippen molar-refractivity contribution in [1.82, 2.24) is 20.5 Å². The van der Waals surface area contributed by atoms with E-state index in [9.17, 15) is 24.3 Å². The minimum absolute atomic E-state index is 0.0141. The molecule has 1 aliphatic heterocycles. The number of rotatable bonds is 13. The number of carboxylic acids is 1. The highest BCUT2D eigenvalue weighted by Crippen LogP contribution is 2.29. The number of nitrogens with zero attached hydrogens (tertiary/aromatic N) is 2. The largest absolute Gasteiger partial charge is 0.481 e. The Morgan fingerprint density at radius 1 is 1.05 bits per heavy atom. The van der Waals surface area contributed by atoms with Crippen molar-refractivity contribution in [3.8, 4) is 10.4 Å². The van der Waals surface area contributed by atoms with Gasteiger partial charge in [-0.15, -0.1) is 11.3 Å². The molecule has 3 rings (SSSR count). The molecule has 4 atom stereocenters. The Kier molecular flexibility index (Phi) is 11.6. The number of carbonyl (C=O) groups excluding carboxylic acids is 3. The molecule has 11 heteroatoms. The summed E-state index contributed by atoms with van der Waals surface area (Å²) >= 11 is 1.58. The van der Waals surface area contributed by atoms with Gasteiger partial charge in [-0.25, -0.2) is 4.98 Å². The molecule has 10 nitrogen and oxygen atoms in total. The number of hydrogen-bond acceptors (Lipinski definition) is 7. The first-order valence-corrected chi connectivity index (χ1v) is 15.5. The summed E-state index contributed by atoms with van der Waals surface area (Å²) in [5.41, 5.74) is 4.12. The van der Waals surface area contributed by atoms with E-state index in [0.717, 1.165) is 34.5 Å². The van der Waals surface area contributed by atoms with Gasteiger partial charge in [0.15, 0.2) is 0 Å². The number of aliphatic hydroxyl groups excluding tert-OH is 1. The van der Waals surface area contributed by atoms with Crippen LogP contribution in [0.25, 0.3) is 10.4 Å². The van der Waals surface area contributed by atoms with Crippen LogP contribution in [0.1, 0.15) is 89.9 Å². The number of unbranched alkanes of at least 4 members (excludes halogenated alkanes) is 3. The highest BCUT2D eigenvalue weighted by molar-refractivity contribution is 7.13. The van der Waals surface area contributed by atoms with E-state index in [1.165, 1.54) is 4.90 Å². The average molecular weight is 601 g/mol. The Labute approximate surface area is 251 Å². The number of carboxylic acid groups (broad SMARTS) is 1. The number of β-amino-alcohol motifs (C(OH)–C–C–N with tert-alkyl or cyclic N) is 1. The zero-order valence-electron chi connectivity index (χ0n) is 25.2. The lowest BCUT2D eigenvalue weighted by Crippen LogP contribution is -2.57. The summed E-state index contributed by atoms with van der Waals surface area (Å²) < 4.78 is 0. The van der Waals surface area contributed by atoms with E-state index in [2.05, 4.69) is 15.6 Å². The summed E-state index contributed by atoms with van der Waals surface area (Å²) in [7, 11) is 0. The molecular weight excluding hydrogens is 556 g/mol. The second-order valence-corrected chi connectivity index (χ2v) is 13.0. The summed E-state index contributed by atoms with van der Waals surface area (Å²) in [6.45, 7) is 9.41. The Morgan fingerprint density at radius 2 is 1.69 bits per heavy atom. The molecule has 4 unspecified atom stereocenters. The molecule has 230 valence electrons. The van der Waals surface area contributed by atoms with E-state index in [1.54, 1.807) is 11.3 Å². The van der Waals surface area contributed by atoms with E-state index < -0.39 is 35.5 Å². The molecule has 3 amide bonds. The van der Waals surface area contributed by atoms with Crippen LogP contribution in [-0.2, 0) is 19.2 Å². The highest BCUT2D eigenvalue weighted by Gasteiger charge is 2.44. The summed E-state index contributed by atoms with van der Waals surface area (Å²) in [6, 6.07) is 5.87. The molecule has 1 aromatic heterocycles. The lowest BCUT2D eigenvalue weighted by molar-refractivity contribution is -0.144. The van der Waals surface area contributed by atoms with Gasteiger partial charge in [0.1, 0.15) is 12.1 Å². The van der Waals surface area contributed by atoms with Gasteiger partial charge in [0.05, 0.1) is 28.2 Å². The van der Waals surface area contributed by atoms with E-state index >= 15 is 0 Å². The first-order valence-electron chi connectivity index (χ1n) is 14.6. The minimum atomic E-state index is -0.877. The van der Waals surface area contributed by atoms with E-state index in [-0.39, 0.29) is 43.7 Å². The normalized spacial score (nSPS) is 18.4. The number of benzene rings is 1. The predicted octanol–water partition coefficient (Wildman–Crippen LogP) is 4.21. The molecule has 1 aromatic carbocycles. The van der Waals surface area contributed by atoms with Gasteiger partial charge in [-0.3, -0.25) is 19.2 Å². The van der Waals surface area contributed by atoms with Crippen molar-refractivity contribution in [2.45, 2.75) is 104 Å². The number of carbonyl (C=O) groups is 4. The van der Waals surface area contributed by atoms with E-state index in [0.29, 0.717) is 12.8 Å². The number of thiazole rings is 1. The molecule has 42 heavy (non-hydrogen) atoms. The van der Waals surface area contributed by atoms with Crippen LogP contribution in [0.4, 0.5) is 0 Å². The maximum absolute atomic E-state index is 13.8.